The molecule has 2 N–H and O–H groups in total. The predicted octanol–water partition coefficient (Wildman–Crippen LogP) is 0.988. The van der Waals surface area contributed by atoms with Crippen molar-refractivity contribution in [3.05, 3.63) is 28.2 Å². The van der Waals surface area contributed by atoms with Crippen LogP contribution in [0.1, 0.15) is 24.0 Å². The maximum atomic E-state index is 11.4. The van der Waals surface area contributed by atoms with E-state index in [9.17, 15) is 8.42 Å². The summed E-state index contributed by atoms with van der Waals surface area (Å²) in [5.41, 5.74) is 0. The molecule has 2 heterocycles. The molecule has 0 aliphatic heterocycles. The highest BCUT2D eigenvalue weighted by Gasteiger charge is 2.20. The van der Waals surface area contributed by atoms with E-state index >= 15 is 0 Å². The van der Waals surface area contributed by atoms with Crippen molar-refractivity contribution < 1.29 is 8.42 Å². The van der Waals surface area contributed by atoms with E-state index < -0.39 is 10.0 Å². The Hall–Kier alpha value is -1.25. The Balaban J connectivity index is 2.39. The van der Waals surface area contributed by atoms with Gasteiger partial charge in [0.15, 0.2) is 0 Å². The fraction of sp³-hybridized carbons (Fsp3) is 0.400. The summed E-state index contributed by atoms with van der Waals surface area (Å²) in [6.45, 7) is 2.50. The number of nitrogens with zero attached hydrogens (tertiary/aromatic N) is 3. The topological polar surface area (TPSA) is 90.9 Å². The van der Waals surface area contributed by atoms with Gasteiger partial charge in [-0.1, -0.05) is 13.0 Å². The lowest BCUT2D eigenvalue weighted by molar-refractivity contribution is 0.550. The Morgan fingerprint density at radius 1 is 1.44 bits per heavy atom. The van der Waals surface area contributed by atoms with Crippen LogP contribution in [-0.4, -0.2) is 23.2 Å². The van der Waals surface area contributed by atoms with E-state index in [1.165, 1.54) is 0 Å². The molecule has 0 radical (unpaired) electrons. The van der Waals surface area contributed by atoms with E-state index in [1.54, 1.807) is 15.9 Å². The Morgan fingerprint density at radius 3 is 2.78 bits per heavy atom. The molecule has 0 aliphatic carbocycles. The van der Waals surface area contributed by atoms with E-state index in [-0.39, 0.29) is 5.16 Å². The molecule has 0 aromatic carbocycles. The van der Waals surface area contributed by atoms with Crippen molar-refractivity contribution in [3.8, 4) is 0 Å². The molecule has 0 unspecified atom stereocenters. The van der Waals surface area contributed by atoms with Crippen molar-refractivity contribution >= 4 is 21.4 Å². The van der Waals surface area contributed by atoms with Crippen molar-refractivity contribution in [2.45, 2.75) is 31.5 Å². The molecule has 0 aliphatic rings. The van der Waals surface area contributed by atoms with E-state index in [0.29, 0.717) is 18.8 Å². The van der Waals surface area contributed by atoms with Gasteiger partial charge in [-0.15, -0.1) is 21.5 Å². The van der Waals surface area contributed by atoms with Gasteiger partial charge < -0.3 is 4.57 Å². The summed E-state index contributed by atoms with van der Waals surface area (Å²) in [6, 6.07) is 3.92. The summed E-state index contributed by atoms with van der Waals surface area (Å²) in [7, 11) is -3.82. The normalized spacial score (nSPS) is 11.9. The minimum Gasteiger partial charge on any atom is -0.300 e. The molecule has 0 atom stereocenters. The standard InChI is InChI=1S/C10H14N4O2S2/c1-2-5-14-9(7-8-4-3-6-17-8)12-13-10(14)18(11,15)16/h3-4,6H,2,5,7H2,1H3,(H2,11,15,16). The molecule has 0 amide bonds. The van der Waals surface area contributed by atoms with Gasteiger partial charge in [-0.25, -0.2) is 13.6 Å². The van der Waals surface area contributed by atoms with Gasteiger partial charge in [-0.2, -0.15) is 0 Å². The quantitative estimate of drug-likeness (QED) is 0.887. The number of sulfonamides is 1. The highest BCUT2D eigenvalue weighted by molar-refractivity contribution is 7.89. The maximum Gasteiger partial charge on any atom is 0.273 e. The second kappa shape index (κ2) is 5.17. The summed E-state index contributed by atoms with van der Waals surface area (Å²) in [5, 5.41) is 14.6. The molecule has 0 saturated carbocycles. The molecule has 0 fully saturated rings. The number of thiophene rings is 1. The zero-order valence-electron chi connectivity index (χ0n) is 9.91. The Labute approximate surface area is 110 Å². The Morgan fingerprint density at radius 2 is 2.22 bits per heavy atom. The van der Waals surface area contributed by atoms with Gasteiger partial charge in [0.25, 0.3) is 15.2 Å². The van der Waals surface area contributed by atoms with Crippen LogP contribution in [0.5, 0.6) is 0 Å². The average molecular weight is 286 g/mol. The minimum absolute atomic E-state index is 0.157. The lowest BCUT2D eigenvalue weighted by atomic mass is 10.3. The van der Waals surface area contributed by atoms with Crippen LogP contribution < -0.4 is 5.14 Å². The second-order valence-corrected chi connectivity index (χ2v) is 6.34. The molecule has 18 heavy (non-hydrogen) atoms. The number of aromatic nitrogens is 3. The average Bonchev–Trinajstić information content (AvgIpc) is 2.89. The monoisotopic (exact) mass is 286 g/mol. The minimum atomic E-state index is -3.82. The van der Waals surface area contributed by atoms with Crippen LogP contribution in [-0.2, 0) is 23.0 Å². The first kappa shape index (κ1) is 13.2. The van der Waals surface area contributed by atoms with Crippen LogP contribution >= 0.6 is 11.3 Å². The van der Waals surface area contributed by atoms with E-state index in [4.69, 9.17) is 5.14 Å². The third kappa shape index (κ3) is 2.77. The Kier molecular flexibility index (Phi) is 3.79. The van der Waals surface area contributed by atoms with Crippen molar-refractivity contribution in [1.29, 1.82) is 0 Å². The van der Waals surface area contributed by atoms with Crippen molar-refractivity contribution in [2.24, 2.45) is 5.14 Å². The van der Waals surface area contributed by atoms with Crippen LogP contribution in [0, 0.1) is 0 Å². The van der Waals surface area contributed by atoms with Crippen LogP contribution in [0.4, 0.5) is 0 Å². The molecule has 8 heteroatoms. The summed E-state index contributed by atoms with van der Waals surface area (Å²) < 4.78 is 24.4. The largest absolute Gasteiger partial charge is 0.300 e. The van der Waals surface area contributed by atoms with Crippen LogP contribution in [0.2, 0.25) is 0 Å². The SMILES string of the molecule is CCCn1c(Cc2cccs2)nnc1S(N)(=O)=O. The molecule has 0 bridgehead atoms. The second-order valence-electron chi connectivity index (χ2n) is 3.85. The lowest BCUT2D eigenvalue weighted by Crippen LogP contribution is -2.19. The molecular formula is C10H14N4O2S2. The number of hydrogen-bond acceptors (Lipinski definition) is 5. The fourth-order valence-corrected chi connectivity index (χ4v) is 3.04. The fourth-order valence-electron chi connectivity index (χ4n) is 1.68. The number of rotatable bonds is 5. The smallest absolute Gasteiger partial charge is 0.273 e. The summed E-state index contributed by atoms with van der Waals surface area (Å²) in [4.78, 5) is 1.11. The number of nitrogens with two attached hydrogens (primary N) is 1. The molecular weight excluding hydrogens is 272 g/mol. The van der Waals surface area contributed by atoms with Gasteiger partial charge in [-0.05, 0) is 17.9 Å². The van der Waals surface area contributed by atoms with Gasteiger partial charge in [0, 0.05) is 17.8 Å². The molecule has 2 rings (SSSR count). The molecule has 2 aromatic rings. The third-order valence-corrected chi connectivity index (χ3v) is 4.09. The maximum absolute atomic E-state index is 11.4. The van der Waals surface area contributed by atoms with Crippen LogP contribution in [0.15, 0.2) is 22.7 Å². The Bertz CT molecular complexity index is 616. The van der Waals surface area contributed by atoms with Crippen LogP contribution in [0.25, 0.3) is 0 Å². The van der Waals surface area contributed by atoms with Crippen molar-refractivity contribution in [1.82, 2.24) is 14.8 Å². The molecule has 6 nitrogen and oxygen atoms in total. The zero-order chi connectivity index (χ0) is 13.2. The van der Waals surface area contributed by atoms with Crippen molar-refractivity contribution in [2.75, 3.05) is 0 Å². The summed E-state index contributed by atoms with van der Waals surface area (Å²) in [5.74, 6) is 0.628. The summed E-state index contributed by atoms with van der Waals surface area (Å²) >= 11 is 1.60. The van der Waals surface area contributed by atoms with Gasteiger partial charge in [0.2, 0.25) is 0 Å². The third-order valence-electron chi connectivity index (χ3n) is 2.41. The molecule has 98 valence electrons. The van der Waals surface area contributed by atoms with E-state index in [2.05, 4.69) is 10.2 Å². The molecule has 2 aromatic heterocycles. The first-order valence-electron chi connectivity index (χ1n) is 5.49. The zero-order valence-corrected chi connectivity index (χ0v) is 11.5. The number of hydrogen-bond donors (Lipinski definition) is 1. The summed E-state index contributed by atoms with van der Waals surface area (Å²) in [6.07, 6.45) is 1.36. The number of primary sulfonamides is 1. The lowest BCUT2D eigenvalue weighted by Gasteiger charge is -2.06. The van der Waals surface area contributed by atoms with Gasteiger partial charge in [0.05, 0.1) is 0 Å². The predicted molar refractivity (Wildman–Crippen MR) is 68.8 cm³/mol. The van der Waals surface area contributed by atoms with Gasteiger partial charge in [-0.3, -0.25) is 0 Å². The van der Waals surface area contributed by atoms with Gasteiger partial charge >= 0.3 is 0 Å². The first-order chi connectivity index (χ1) is 8.52. The van der Waals surface area contributed by atoms with Crippen LogP contribution in [0.3, 0.4) is 0 Å². The highest BCUT2D eigenvalue weighted by atomic mass is 32.2. The van der Waals surface area contributed by atoms with Gasteiger partial charge in [0.1, 0.15) is 5.82 Å². The molecule has 0 saturated heterocycles. The first-order valence-corrected chi connectivity index (χ1v) is 7.92. The molecule has 0 spiro atoms. The highest BCUT2D eigenvalue weighted by Crippen LogP contribution is 2.16. The van der Waals surface area contributed by atoms with Crippen molar-refractivity contribution in [3.63, 3.8) is 0 Å². The van der Waals surface area contributed by atoms with E-state index in [0.717, 1.165) is 11.3 Å². The van der Waals surface area contributed by atoms with E-state index in [1.807, 2.05) is 24.4 Å².